The van der Waals surface area contributed by atoms with Crippen LogP contribution in [-0.2, 0) is 23.8 Å². The topological polar surface area (TPSA) is 94.1 Å². The maximum absolute atomic E-state index is 12.3. The maximum Gasteiger partial charge on any atom is 0.303 e. The summed E-state index contributed by atoms with van der Waals surface area (Å²) in [6, 6.07) is -0.0645. The number of esters is 1. The van der Waals surface area contributed by atoms with Crippen molar-refractivity contribution in [2.45, 2.75) is 90.8 Å². The smallest absolute Gasteiger partial charge is 0.303 e. The standard InChI is InChI=1S/C26H41NO6/c1-17(6-9-23-15-22(16-28)12-13-31-23)7-10-25-18(2)14-24(20(4)33-25)27-26(30)11-8-19(3)32-21(5)29/h6-9,11,18-20,22-25,28H,10,12-16H2,1-5H3,(H,27,30)/b9-6+,11-8-,17-7+/t18-,19-,20+,22+,23+,24+,25-/m0/s1. The summed E-state index contributed by atoms with van der Waals surface area (Å²) in [5.41, 5.74) is 1.16. The quantitative estimate of drug-likeness (QED) is 0.309. The summed E-state index contributed by atoms with van der Waals surface area (Å²) in [7, 11) is 0. The lowest BCUT2D eigenvalue weighted by Gasteiger charge is -2.39. The van der Waals surface area contributed by atoms with Gasteiger partial charge in [0.1, 0.15) is 6.10 Å². The first kappa shape index (κ1) is 27.3. The van der Waals surface area contributed by atoms with Gasteiger partial charge in [-0.15, -0.1) is 0 Å². The van der Waals surface area contributed by atoms with Crippen LogP contribution in [0.2, 0.25) is 0 Å². The highest BCUT2D eigenvalue weighted by molar-refractivity contribution is 5.87. The number of hydrogen-bond acceptors (Lipinski definition) is 6. The fourth-order valence-electron chi connectivity index (χ4n) is 4.30. The molecule has 0 spiro atoms. The summed E-state index contributed by atoms with van der Waals surface area (Å²) in [5, 5.41) is 12.4. The lowest BCUT2D eigenvalue weighted by Crippen LogP contribution is -2.50. The highest BCUT2D eigenvalue weighted by Crippen LogP contribution is 2.28. The molecule has 0 unspecified atom stereocenters. The molecular weight excluding hydrogens is 422 g/mol. The zero-order valence-electron chi connectivity index (χ0n) is 20.7. The SMILES string of the molecule is CC(=O)O[C@@H](C)/C=C\C(=O)N[C@@H]1C[C@H](C)[C@H](C/C=C(C)/C=C/[C@@H]2C[C@H](CO)CCO2)O[C@@H]1C. The molecule has 7 atom stereocenters. The van der Waals surface area contributed by atoms with Crippen LogP contribution in [0, 0.1) is 11.8 Å². The summed E-state index contributed by atoms with van der Waals surface area (Å²) in [6.07, 6.45) is 12.4. The number of rotatable bonds is 9. The molecule has 7 heteroatoms. The summed E-state index contributed by atoms with van der Waals surface area (Å²) in [5.74, 6) is 0.0424. The number of allylic oxidation sites excluding steroid dienone is 2. The molecule has 0 aromatic carbocycles. The molecule has 0 saturated carbocycles. The first-order chi connectivity index (χ1) is 15.7. The van der Waals surface area contributed by atoms with E-state index in [9.17, 15) is 14.7 Å². The average molecular weight is 464 g/mol. The molecule has 2 heterocycles. The van der Waals surface area contributed by atoms with E-state index in [-0.39, 0.29) is 42.8 Å². The second-order valence-corrected chi connectivity index (χ2v) is 9.41. The minimum atomic E-state index is -0.443. The van der Waals surface area contributed by atoms with Crippen LogP contribution in [0.1, 0.15) is 60.3 Å². The maximum atomic E-state index is 12.3. The first-order valence-electron chi connectivity index (χ1n) is 12.1. The Morgan fingerprint density at radius 1 is 1.21 bits per heavy atom. The third-order valence-corrected chi connectivity index (χ3v) is 6.34. The molecule has 0 aromatic heterocycles. The third kappa shape index (κ3) is 9.82. The normalized spacial score (nSPS) is 32.1. The Balaban J connectivity index is 1.80. The molecule has 2 N–H and O–H groups in total. The van der Waals surface area contributed by atoms with Crippen LogP contribution in [0.25, 0.3) is 0 Å². The molecule has 2 aliphatic rings. The Morgan fingerprint density at radius 3 is 2.67 bits per heavy atom. The fraction of sp³-hybridized carbons (Fsp3) is 0.692. The molecule has 2 fully saturated rings. The zero-order valence-corrected chi connectivity index (χ0v) is 20.7. The Bertz CT molecular complexity index is 730. The second kappa shape index (κ2) is 13.7. The van der Waals surface area contributed by atoms with Gasteiger partial charge < -0.3 is 24.6 Å². The predicted octanol–water partition coefficient (Wildman–Crippen LogP) is 3.47. The highest BCUT2D eigenvalue weighted by atomic mass is 16.5. The summed E-state index contributed by atoms with van der Waals surface area (Å²) in [4.78, 5) is 23.2. The van der Waals surface area contributed by atoms with E-state index in [4.69, 9.17) is 14.2 Å². The fourth-order valence-corrected chi connectivity index (χ4v) is 4.30. The molecule has 0 bridgehead atoms. The molecule has 1 amide bonds. The van der Waals surface area contributed by atoms with Crippen molar-refractivity contribution in [3.8, 4) is 0 Å². The van der Waals surface area contributed by atoms with Gasteiger partial charge in [0.25, 0.3) is 0 Å². The monoisotopic (exact) mass is 463 g/mol. The number of amides is 1. The van der Waals surface area contributed by atoms with Crippen LogP contribution in [0.3, 0.4) is 0 Å². The highest BCUT2D eigenvalue weighted by Gasteiger charge is 2.33. The Hall–Kier alpha value is -1.96. The van der Waals surface area contributed by atoms with E-state index < -0.39 is 6.10 Å². The van der Waals surface area contributed by atoms with Crippen LogP contribution in [-0.4, -0.2) is 60.7 Å². The van der Waals surface area contributed by atoms with Crippen molar-refractivity contribution in [2.24, 2.45) is 11.8 Å². The summed E-state index contributed by atoms with van der Waals surface area (Å²) in [6.45, 7) is 10.2. The molecule has 2 aliphatic heterocycles. The average Bonchev–Trinajstić information content (AvgIpc) is 2.77. The van der Waals surface area contributed by atoms with Gasteiger partial charge in [-0.25, -0.2) is 0 Å². The number of aliphatic hydroxyl groups excluding tert-OH is 1. The van der Waals surface area contributed by atoms with Gasteiger partial charge in [-0.1, -0.05) is 30.7 Å². The van der Waals surface area contributed by atoms with Crippen molar-refractivity contribution in [2.75, 3.05) is 13.2 Å². The summed E-state index contributed by atoms with van der Waals surface area (Å²) < 4.78 is 17.0. The number of hydrogen-bond donors (Lipinski definition) is 2. The van der Waals surface area contributed by atoms with Crippen molar-refractivity contribution in [3.63, 3.8) is 0 Å². The van der Waals surface area contributed by atoms with Gasteiger partial charge in [-0.05, 0) is 64.4 Å². The van der Waals surface area contributed by atoms with E-state index in [1.54, 1.807) is 13.0 Å². The largest absolute Gasteiger partial charge is 0.459 e. The Morgan fingerprint density at radius 2 is 1.97 bits per heavy atom. The molecule has 0 radical (unpaired) electrons. The van der Waals surface area contributed by atoms with E-state index in [2.05, 4.69) is 37.4 Å². The van der Waals surface area contributed by atoms with Crippen LogP contribution in [0.4, 0.5) is 0 Å². The van der Waals surface area contributed by atoms with Crippen LogP contribution in [0.15, 0.2) is 36.0 Å². The lowest BCUT2D eigenvalue weighted by molar-refractivity contribution is -0.143. The van der Waals surface area contributed by atoms with Gasteiger partial charge >= 0.3 is 5.97 Å². The molecule has 2 rings (SSSR count). The van der Waals surface area contributed by atoms with Gasteiger partial charge in [0.2, 0.25) is 5.91 Å². The molecule has 186 valence electrons. The van der Waals surface area contributed by atoms with Crippen LogP contribution >= 0.6 is 0 Å². The first-order valence-corrected chi connectivity index (χ1v) is 12.1. The van der Waals surface area contributed by atoms with Crippen molar-refractivity contribution in [1.29, 1.82) is 0 Å². The van der Waals surface area contributed by atoms with E-state index in [1.807, 2.05) is 6.92 Å². The number of carbonyl (C=O) groups is 2. The minimum Gasteiger partial charge on any atom is -0.459 e. The Kier molecular flexibility index (Phi) is 11.3. The van der Waals surface area contributed by atoms with Crippen molar-refractivity contribution < 1.29 is 28.9 Å². The molecule has 33 heavy (non-hydrogen) atoms. The van der Waals surface area contributed by atoms with Gasteiger partial charge in [-0.2, -0.15) is 0 Å². The number of carbonyl (C=O) groups excluding carboxylic acids is 2. The van der Waals surface area contributed by atoms with E-state index in [1.165, 1.54) is 13.0 Å². The molecule has 7 nitrogen and oxygen atoms in total. The molecule has 0 aromatic rings. The molecule has 0 aliphatic carbocycles. The van der Waals surface area contributed by atoms with E-state index >= 15 is 0 Å². The zero-order chi connectivity index (χ0) is 24.4. The minimum absolute atomic E-state index is 0.0645. The number of aliphatic hydroxyl groups is 1. The van der Waals surface area contributed by atoms with Crippen molar-refractivity contribution in [3.05, 3.63) is 36.0 Å². The van der Waals surface area contributed by atoms with Crippen molar-refractivity contribution in [1.82, 2.24) is 5.32 Å². The third-order valence-electron chi connectivity index (χ3n) is 6.34. The van der Waals surface area contributed by atoms with Crippen LogP contribution < -0.4 is 5.32 Å². The van der Waals surface area contributed by atoms with Gasteiger partial charge in [0.05, 0.1) is 24.4 Å². The predicted molar refractivity (Wildman–Crippen MR) is 127 cm³/mol. The van der Waals surface area contributed by atoms with Gasteiger partial charge in [-0.3, -0.25) is 9.59 Å². The Labute approximate surface area is 198 Å². The van der Waals surface area contributed by atoms with Gasteiger partial charge in [0.15, 0.2) is 0 Å². The summed E-state index contributed by atoms with van der Waals surface area (Å²) >= 11 is 0. The lowest BCUT2D eigenvalue weighted by atomic mass is 9.88. The molecule has 2 saturated heterocycles. The number of nitrogens with one attached hydrogen (secondary N) is 1. The van der Waals surface area contributed by atoms with E-state index in [0.29, 0.717) is 18.4 Å². The van der Waals surface area contributed by atoms with Crippen LogP contribution in [0.5, 0.6) is 0 Å². The number of ether oxygens (including phenoxy) is 3. The van der Waals surface area contributed by atoms with Gasteiger partial charge in [0, 0.05) is 26.2 Å². The van der Waals surface area contributed by atoms with E-state index in [0.717, 1.165) is 31.3 Å². The van der Waals surface area contributed by atoms with Crippen molar-refractivity contribution >= 4 is 11.9 Å². The molecular formula is C26H41NO6. The second-order valence-electron chi connectivity index (χ2n) is 9.41.